The molecule has 15 heteroatoms. The molecular formula is C36H48N8O7. The summed E-state index contributed by atoms with van der Waals surface area (Å²) in [7, 11) is 0. The summed E-state index contributed by atoms with van der Waals surface area (Å²) in [5.74, 6) is -2.40. The molecule has 1 aromatic heterocycles. The molecule has 4 atom stereocenters. The highest BCUT2D eigenvalue weighted by Crippen LogP contribution is 2.21. The van der Waals surface area contributed by atoms with Crippen LogP contribution in [0.3, 0.4) is 0 Å². The first-order valence-corrected chi connectivity index (χ1v) is 17.3. The van der Waals surface area contributed by atoms with E-state index in [1.54, 1.807) is 29.1 Å². The first-order valence-electron chi connectivity index (χ1n) is 17.3. The molecule has 274 valence electrons. The molecule has 6 N–H and O–H groups in total. The molecule has 0 spiro atoms. The van der Waals surface area contributed by atoms with Gasteiger partial charge in [0.05, 0.1) is 31.0 Å². The SMILES string of the molecule is CCCC[C@@H]1NC(=O)c2ccc(C)cc2OCCCn2cc(nn2)CNC(=O)[C@@H](Cc2ccccc2)NC(=O)[C@H]([C@@H](C)O)NC(=O)CCNC1=O. The van der Waals surface area contributed by atoms with Gasteiger partial charge in [-0.15, -0.1) is 5.10 Å². The van der Waals surface area contributed by atoms with E-state index < -0.39 is 53.8 Å². The summed E-state index contributed by atoms with van der Waals surface area (Å²) in [6.07, 6.45) is 2.72. The number of amides is 5. The molecular weight excluding hydrogens is 656 g/mol. The fourth-order valence-corrected chi connectivity index (χ4v) is 5.48. The highest BCUT2D eigenvalue weighted by molar-refractivity contribution is 6.00. The molecule has 0 aliphatic carbocycles. The first-order chi connectivity index (χ1) is 24.5. The van der Waals surface area contributed by atoms with Crippen LogP contribution in [0.15, 0.2) is 54.7 Å². The minimum Gasteiger partial charge on any atom is -0.493 e. The molecule has 0 fully saturated rings. The van der Waals surface area contributed by atoms with Crippen molar-refractivity contribution in [1.82, 2.24) is 41.6 Å². The number of rotatable bonds is 6. The number of nitrogens with one attached hydrogen (secondary N) is 5. The maximum atomic E-state index is 13.4. The van der Waals surface area contributed by atoms with Gasteiger partial charge in [0.25, 0.3) is 5.91 Å². The number of benzene rings is 2. The molecule has 0 radical (unpaired) electrons. The standard InChI is InChI=1S/C36H48N8O7/c1-4-5-12-28-34(48)37-16-15-31(46)41-32(24(3)45)36(50)40-29(20-25-10-7-6-8-11-25)35(49)38-21-26-22-44(43-42-26)17-9-18-51-30-19-23(2)13-14-27(30)33(47)39-28/h6-8,10-11,13-14,19,22,24,28-29,32,45H,4-5,9,12,15-18,20-21H2,1-3H3,(H,37,48)(H,38,49)(H,39,47)(H,40,50)(H,41,46)/t24-,28+,29-,32+/m1/s1. The number of carbonyl (C=O) groups excluding carboxylic acids is 5. The lowest BCUT2D eigenvalue weighted by atomic mass is 10.0. The summed E-state index contributed by atoms with van der Waals surface area (Å²) in [6, 6.07) is 11.0. The molecule has 4 rings (SSSR count). The number of fused-ring (bicyclic) bond motifs is 3. The predicted octanol–water partition coefficient (Wildman–Crippen LogP) is 1.07. The predicted molar refractivity (Wildman–Crippen MR) is 187 cm³/mol. The van der Waals surface area contributed by atoms with Crippen molar-refractivity contribution in [3.05, 3.63) is 77.1 Å². The summed E-state index contributed by atoms with van der Waals surface area (Å²) >= 11 is 0. The van der Waals surface area contributed by atoms with Gasteiger partial charge in [0.1, 0.15) is 29.6 Å². The van der Waals surface area contributed by atoms with Crippen LogP contribution in [0.1, 0.15) is 73.1 Å². The average Bonchev–Trinajstić information content (AvgIpc) is 3.57. The highest BCUT2D eigenvalue weighted by Gasteiger charge is 2.30. The third kappa shape index (κ3) is 11.9. The number of carbonyl (C=O) groups is 5. The smallest absolute Gasteiger partial charge is 0.255 e. The number of aliphatic hydroxyl groups excluding tert-OH is 1. The summed E-state index contributed by atoms with van der Waals surface area (Å²) in [5.41, 5.74) is 2.46. The molecule has 2 heterocycles. The topological polar surface area (TPSA) is 206 Å². The Hall–Kier alpha value is -5.31. The average molecular weight is 705 g/mol. The maximum Gasteiger partial charge on any atom is 0.255 e. The van der Waals surface area contributed by atoms with E-state index in [0.29, 0.717) is 37.3 Å². The maximum absolute atomic E-state index is 13.4. The number of ether oxygens (including phenoxy) is 1. The number of aliphatic hydroxyl groups is 1. The Morgan fingerprint density at radius 2 is 1.73 bits per heavy atom. The van der Waals surface area contributed by atoms with Crippen LogP contribution in [0.5, 0.6) is 5.75 Å². The zero-order valence-electron chi connectivity index (χ0n) is 29.3. The minimum absolute atomic E-state index is 0.0415. The van der Waals surface area contributed by atoms with Crippen LogP contribution in [0.2, 0.25) is 0 Å². The van der Waals surface area contributed by atoms with E-state index in [-0.39, 0.29) is 38.1 Å². The van der Waals surface area contributed by atoms with Gasteiger partial charge in [0.15, 0.2) is 0 Å². The first kappa shape index (κ1) is 38.5. The van der Waals surface area contributed by atoms with E-state index in [0.717, 1.165) is 17.5 Å². The lowest BCUT2D eigenvalue weighted by Gasteiger charge is -2.25. The Morgan fingerprint density at radius 1 is 0.961 bits per heavy atom. The summed E-state index contributed by atoms with van der Waals surface area (Å²) in [6.45, 7) is 5.89. The van der Waals surface area contributed by atoms with Crippen LogP contribution >= 0.6 is 0 Å². The molecule has 0 saturated heterocycles. The quantitative estimate of drug-likeness (QED) is 0.217. The van der Waals surface area contributed by atoms with Crippen LogP contribution in [-0.4, -0.2) is 87.0 Å². The molecule has 5 amide bonds. The monoisotopic (exact) mass is 704 g/mol. The van der Waals surface area contributed by atoms with Crippen LogP contribution in [0, 0.1) is 6.92 Å². The number of hydrogen-bond acceptors (Lipinski definition) is 9. The second-order valence-electron chi connectivity index (χ2n) is 12.6. The van der Waals surface area contributed by atoms with Gasteiger partial charge in [-0.1, -0.05) is 61.4 Å². The van der Waals surface area contributed by atoms with E-state index in [2.05, 4.69) is 36.9 Å². The van der Waals surface area contributed by atoms with Gasteiger partial charge in [0.2, 0.25) is 23.6 Å². The van der Waals surface area contributed by atoms with Crippen molar-refractivity contribution in [3.63, 3.8) is 0 Å². The molecule has 2 aromatic carbocycles. The molecule has 51 heavy (non-hydrogen) atoms. The van der Waals surface area contributed by atoms with E-state index in [1.807, 2.05) is 44.2 Å². The van der Waals surface area contributed by atoms with Crippen molar-refractivity contribution in [2.24, 2.45) is 0 Å². The summed E-state index contributed by atoms with van der Waals surface area (Å²) in [5, 5.41) is 32.2. The molecule has 3 aromatic rings. The second-order valence-corrected chi connectivity index (χ2v) is 12.6. The third-order valence-electron chi connectivity index (χ3n) is 8.32. The molecule has 15 nitrogen and oxygen atoms in total. The molecule has 1 aliphatic heterocycles. The number of nitrogens with zero attached hydrogens (tertiary/aromatic N) is 3. The van der Waals surface area contributed by atoms with Crippen molar-refractivity contribution in [2.75, 3.05) is 13.2 Å². The summed E-state index contributed by atoms with van der Waals surface area (Å²) in [4.78, 5) is 66.4. The zero-order chi connectivity index (χ0) is 36.8. The fourth-order valence-electron chi connectivity index (χ4n) is 5.48. The number of aromatic nitrogens is 3. The van der Waals surface area contributed by atoms with Crippen LogP contribution in [0.25, 0.3) is 0 Å². The van der Waals surface area contributed by atoms with Gasteiger partial charge in [0, 0.05) is 32.4 Å². The van der Waals surface area contributed by atoms with Crippen molar-refractivity contribution < 1.29 is 33.8 Å². The van der Waals surface area contributed by atoms with E-state index >= 15 is 0 Å². The third-order valence-corrected chi connectivity index (χ3v) is 8.32. The van der Waals surface area contributed by atoms with E-state index in [9.17, 15) is 29.1 Å². The largest absolute Gasteiger partial charge is 0.493 e. The number of unbranched alkanes of at least 4 members (excludes halogenated alkanes) is 1. The fraction of sp³-hybridized carbons (Fsp3) is 0.472. The van der Waals surface area contributed by atoms with Gasteiger partial charge < -0.3 is 36.4 Å². The van der Waals surface area contributed by atoms with Crippen LogP contribution < -0.4 is 31.3 Å². The Labute approximate surface area is 297 Å². The summed E-state index contributed by atoms with van der Waals surface area (Å²) < 4.78 is 7.64. The van der Waals surface area contributed by atoms with Gasteiger partial charge in [-0.3, -0.25) is 28.7 Å². The van der Waals surface area contributed by atoms with Crippen molar-refractivity contribution in [3.8, 4) is 5.75 Å². The zero-order valence-corrected chi connectivity index (χ0v) is 29.3. The number of aryl methyl sites for hydroxylation is 2. The normalized spacial score (nSPS) is 20.9. The van der Waals surface area contributed by atoms with Gasteiger partial charge in [-0.2, -0.15) is 0 Å². The van der Waals surface area contributed by atoms with Crippen LogP contribution in [-0.2, 0) is 38.7 Å². The second kappa shape index (κ2) is 19.2. The van der Waals surface area contributed by atoms with E-state index in [1.165, 1.54) is 6.92 Å². The molecule has 2 bridgehead atoms. The van der Waals surface area contributed by atoms with Crippen molar-refractivity contribution in [2.45, 2.75) is 96.6 Å². The van der Waals surface area contributed by atoms with Gasteiger partial charge in [-0.25, -0.2) is 0 Å². The lowest BCUT2D eigenvalue weighted by Crippen LogP contribution is -2.57. The van der Waals surface area contributed by atoms with Gasteiger partial charge >= 0.3 is 0 Å². The molecule has 0 unspecified atom stereocenters. The molecule has 1 aliphatic rings. The Morgan fingerprint density at radius 3 is 2.47 bits per heavy atom. The highest BCUT2D eigenvalue weighted by atomic mass is 16.5. The Bertz CT molecular complexity index is 1650. The Balaban J connectivity index is 1.56. The molecule has 0 saturated carbocycles. The van der Waals surface area contributed by atoms with Crippen molar-refractivity contribution >= 4 is 29.5 Å². The van der Waals surface area contributed by atoms with E-state index in [4.69, 9.17) is 4.74 Å². The Kier molecular flexibility index (Phi) is 14.5. The number of hydrogen-bond donors (Lipinski definition) is 6. The van der Waals surface area contributed by atoms with Crippen LogP contribution in [0.4, 0.5) is 0 Å². The van der Waals surface area contributed by atoms with Gasteiger partial charge in [-0.05, 0) is 43.5 Å². The minimum atomic E-state index is -1.38. The van der Waals surface area contributed by atoms with Crippen molar-refractivity contribution in [1.29, 1.82) is 0 Å². The lowest BCUT2D eigenvalue weighted by molar-refractivity contribution is -0.134.